The Morgan fingerprint density at radius 3 is 2.53 bits per heavy atom. The van der Waals surface area contributed by atoms with Crippen molar-refractivity contribution in [2.45, 2.75) is 30.9 Å². The van der Waals surface area contributed by atoms with Crippen molar-refractivity contribution in [2.24, 2.45) is 5.92 Å². The molecule has 7 heteroatoms. The minimum absolute atomic E-state index is 0.270. The highest BCUT2D eigenvalue weighted by Crippen LogP contribution is 2.34. The van der Waals surface area contributed by atoms with Crippen LogP contribution in [0.4, 0.5) is 0 Å². The van der Waals surface area contributed by atoms with Crippen molar-refractivity contribution in [3.8, 4) is 0 Å². The van der Waals surface area contributed by atoms with Crippen LogP contribution in [0.3, 0.4) is 0 Å². The number of sulfonamides is 1. The van der Waals surface area contributed by atoms with Gasteiger partial charge in [0.25, 0.3) is 10.0 Å². The molecular weight excluding hydrogens is 286 g/mol. The summed E-state index contributed by atoms with van der Waals surface area (Å²) in [6.07, 6.45) is 1.96. The monoisotopic (exact) mass is 303 g/mol. The Morgan fingerprint density at radius 1 is 1.47 bits per heavy atom. The van der Waals surface area contributed by atoms with Crippen LogP contribution in [0.25, 0.3) is 0 Å². The van der Waals surface area contributed by atoms with Gasteiger partial charge in [-0.2, -0.15) is 4.31 Å². The molecule has 106 valence electrons. The lowest BCUT2D eigenvalue weighted by molar-refractivity contribution is -0.137. The lowest BCUT2D eigenvalue weighted by Gasteiger charge is -2.19. The molecule has 1 N–H and O–H groups in total. The molecule has 1 aliphatic rings. The third-order valence-corrected chi connectivity index (χ3v) is 6.62. The first-order valence-corrected chi connectivity index (χ1v) is 8.35. The molecule has 1 heterocycles. The molecule has 0 spiro atoms. The second-order valence-corrected chi connectivity index (χ2v) is 8.35. The fourth-order valence-electron chi connectivity index (χ4n) is 1.98. The van der Waals surface area contributed by atoms with Gasteiger partial charge in [-0.25, -0.2) is 8.42 Å². The van der Waals surface area contributed by atoms with Gasteiger partial charge in [0.2, 0.25) is 0 Å². The minimum atomic E-state index is -3.69. The minimum Gasteiger partial charge on any atom is -0.480 e. The van der Waals surface area contributed by atoms with Crippen LogP contribution in [0.1, 0.15) is 23.3 Å². The van der Waals surface area contributed by atoms with Crippen molar-refractivity contribution in [1.29, 1.82) is 0 Å². The SMILES string of the molecule is Cc1cc(C)c(S(=O)(=O)N(CC(=O)O)CC2CC2)s1. The third-order valence-electron chi connectivity index (χ3n) is 3.04. The number of carboxylic acid groups (broad SMARTS) is 1. The van der Waals surface area contributed by atoms with Gasteiger partial charge in [-0.1, -0.05) is 0 Å². The molecule has 2 rings (SSSR count). The summed E-state index contributed by atoms with van der Waals surface area (Å²) in [7, 11) is -3.69. The van der Waals surface area contributed by atoms with Gasteiger partial charge in [0, 0.05) is 11.4 Å². The smallest absolute Gasteiger partial charge is 0.318 e. The van der Waals surface area contributed by atoms with E-state index < -0.39 is 22.5 Å². The maximum absolute atomic E-state index is 12.5. The van der Waals surface area contributed by atoms with E-state index in [4.69, 9.17) is 5.11 Å². The number of hydrogen-bond acceptors (Lipinski definition) is 4. The molecule has 0 aliphatic heterocycles. The van der Waals surface area contributed by atoms with Gasteiger partial charge in [-0.3, -0.25) is 4.79 Å². The summed E-state index contributed by atoms with van der Waals surface area (Å²) < 4.78 is 26.4. The average molecular weight is 303 g/mol. The van der Waals surface area contributed by atoms with E-state index in [1.807, 2.05) is 13.0 Å². The van der Waals surface area contributed by atoms with Crippen LogP contribution >= 0.6 is 11.3 Å². The number of nitrogens with zero attached hydrogens (tertiary/aromatic N) is 1. The number of aliphatic carboxylic acids is 1. The Balaban J connectivity index is 2.32. The van der Waals surface area contributed by atoms with Crippen LogP contribution in [0, 0.1) is 19.8 Å². The van der Waals surface area contributed by atoms with Gasteiger partial charge < -0.3 is 5.11 Å². The van der Waals surface area contributed by atoms with Crippen LogP contribution in [0.2, 0.25) is 0 Å². The number of hydrogen-bond donors (Lipinski definition) is 1. The summed E-state index contributed by atoms with van der Waals surface area (Å²) in [6, 6.07) is 1.81. The van der Waals surface area contributed by atoms with E-state index >= 15 is 0 Å². The van der Waals surface area contributed by atoms with Gasteiger partial charge in [0.1, 0.15) is 10.8 Å². The molecule has 0 unspecified atom stereocenters. The summed E-state index contributed by atoms with van der Waals surface area (Å²) >= 11 is 1.20. The molecular formula is C12H17NO4S2. The van der Waals surface area contributed by atoms with Crippen LogP contribution in [0.5, 0.6) is 0 Å². The van der Waals surface area contributed by atoms with E-state index in [2.05, 4.69) is 0 Å². The highest BCUT2D eigenvalue weighted by molar-refractivity contribution is 7.91. The number of rotatable bonds is 6. The lowest BCUT2D eigenvalue weighted by atomic mass is 10.4. The summed E-state index contributed by atoms with van der Waals surface area (Å²) in [6.45, 7) is 3.44. The van der Waals surface area contributed by atoms with Crippen molar-refractivity contribution < 1.29 is 18.3 Å². The van der Waals surface area contributed by atoms with Crippen LogP contribution < -0.4 is 0 Å². The molecule has 0 atom stereocenters. The molecule has 0 aromatic carbocycles. The zero-order valence-corrected chi connectivity index (χ0v) is 12.6. The van der Waals surface area contributed by atoms with E-state index in [0.29, 0.717) is 18.0 Å². The number of aryl methyl sites for hydroxylation is 2. The molecule has 1 aromatic rings. The van der Waals surface area contributed by atoms with Crippen molar-refractivity contribution in [3.63, 3.8) is 0 Å². The quantitative estimate of drug-likeness (QED) is 0.870. The molecule has 0 radical (unpaired) electrons. The van der Waals surface area contributed by atoms with Crippen molar-refractivity contribution in [2.75, 3.05) is 13.1 Å². The van der Waals surface area contributed by atoms with E-state index in [0.717, 1.165) is 22.0 Å². The first-order chi connectivity index (χ1) is 8.80. The predicted octanol–water partition coefficient (Wildman–Crippen LogP) is 1.85. The van der Waals surface area contributed by atoms with E-state index in [9.17, 15) is 13.2 Å². The van der Waals surface area contributed by atoms with E-state index in [1.54, 1.807) is 6.92 Å². The molecule has 0 amide bonds. The molecule has 0 bridgehead atoms. The van der Waals surface area contributed by atoms with Crippen molar-refractivity contribution in [3.05, 3.63) is 16.5 Å². The third kappa shape index (κ3) is 3.34. The van der Waals surface area contributed by atoms with Gasteiger partial charge in [0.05, 0.1) is 0 Å². The second-order valence-electron chi connectivity index (χ2n) is 4.96. The lowest BCUT2D eigenvalue weighted by Crippen LogP contribution is -2.37. The second kappa shape index (κ2) is 5.22. The molecule has 1 aromatic heterocycles. The van der Waals surface area contributed by atoms with Crippen LogP contribution in [-0.4, -0.2) is 36.9 Å². The normalized spacial score (nSPS) is 15.9. The largest absolute Gasteiger partial charge is 0.480 e. The first kappa shape index (κ1) is 14.5. The summed E-state index contributed by atoms with van der Waals surface area (Å²) in [5.41, 5.74) is 0.689. The highest BCUT2D eigenvalue weighted by Gasteiger charge is 2.34. The van der Waals surface area contributed by atoms with Crippen LogP contribution in [-0.2, 0) is 14.8 Å². The summed E-state index contributed by atoms with van der Waals surface area (Å²) in [4.78, 5) is 11.8. The number of carbonyl (C=O) groups is 1. The standard InChI is InChI=1S/C12H17NO4S2/c1-8-5-9(2)18-12(8)19(16,17)13(7-11(14)15)6-10-3-4-10/h5,10H,3-4,6-7H2,1-2H3,(H,14,15). The van der Waals surface area contributed by atoms with E-state index in [-0.39, 0.29) is 4.21 Å². The highest BCUT2D eigenvalue weighted by atomic mass is 32.2. The van der Waals surface area contributed by atoms with Gasteiger partial charge >= 0.3 is 5.97 Å². The van der Waals surface area contributed by atoms with Gasteiger partial charge in [0.15, 0.2) is 0 Å². The predicted molar refractivity (Wildman–Crippen MR) is 72.9 cm³/mol. The maximum atomic E-state index is 12.5. The first-order valence-electron chi connectivity index (χ1n) is 6.09. The topological polar surface area (TPSA) is 74.7 Å². The number of carboxylic acids is 1. The fourth-order valence-corrected chi connectivity index (χ4v) is 5.25. The molecule has 1 saturated carbocycles. The molecule has 1 aliphatic carbocycles. The Hall–Kier alpha value is -0.920. The molecule has 19 heavy (non-hydrogen) atoms. The maximum Gasteiger partial charge on any atom is 0.318 e. The zero-order valence-electron chi connectivity index (χ0n) is 10.9. The Labute approximate surface area is 116 Å². The number of thiophene rings is 1. The summed E-state index contributed by atoms with van der Waals surface area (Å²) in [5.74, 6) is -0.800. The van der Waals surface area contributed by atoms with Crippen molar-refractivity contribution in [1.82, 2.24) is 4.31 Å². The molecule has 1 fully saturated rings. The van der Waals surface area contributed by atoms with Crippen LogP contribution in [0.15, 0.2) is 10.3 Å². The zero-order chi connectivity index (χ0) is 14.2. The summed E-state index contributed by atoms with van der Waals surface area (Å²) in [5, 5.41) is 8.90. The van der Waals surface area contributed by atoms with Crippen molar-refractivity contribution >= 4 is 27.3 Å². The van der Waals surface area contributed by atoms with E-state index in [1.165, 1.54) is 11.3 Å². The molecule has 0 saturated heterocycles. The Bertz CT molecular complexity index is 587. The van der Waals surface area contributed by atoms with Gasteiger partial charge in [-0.15, -0.1) is 11.3 Å². The Kier molecular flexibility index (Phi) is 3.98. The molecule has 5 nitrogen and oxygen atoms in total. The fraction of sp³-hybridized carbons (Fsp3) is 0.583. The van der Waals surface area contributed by atoms with Gasteiger partial charge in [-0.05, 0) is 44.2 Å². The average Bonchev–Trinajstić information content (AvgIpc) is 3.01. The Morgan fingerprint density at radius 2 is 2.11 bits per heavy atom.